The van der Waals surface area contributed by atoms with E-state index < -0.39 is 0 Å². The molecule has 1 aromatic rings. The Kier molecular flexibility index (Phi) is 4.25. The van der Waals surface area contributed by atoms with Gasteiger partial charge in [-0.05, 0) is 37.0 Å². The van der Waals surface area contributed by atoms with Gasteiger partial charge < -0.3 is 10.1 Å². The lowest BCUT2D eigenvalue weighted by atomic mass is 9.95. The summed E-state index contributed by atoms with van der Waals surface area (Å²) in [6, 6.07) is 7.58. The van der Waals surface area contributed by atoms with Gasteiger partial charge in [0.05, 0.1) is 5.41 Å². The van der Waals surface area contributed by atoms with Crippen LogP contribution in [0.1, 0.15) is 24.8 Å². The first-order chi connectivity index (χ1) is 8.69. The number of nitrogens with one attached hydrogen (secondary N) is 1. The summed E-state index contributed by atoms with van der Waals surface area (Å²) in [4.78, 5) is 12.2. The van der Waals surface area contributed by atoms with Crippen LogP contribution in [0.3, 0.4) is 0 Å². The fourth-order valence-electron chi connectivity index (χ4n) is 2.13. The van der Waals surface area contributed by atoms with E-state index in [9.17, 15) is 4.79 Å². The van der Waals surface area contributed by atoms with E-state index in [4.69, 9.17) is 16.3 Å². The highest BCUT2D eigenvalue weighted by atomic mass is 35.5. The number of amides is 1. The SMILES string of the molecule is COCCCNC(=O)C1(c2ccc(Cl)cc2)CC1. The van der Waals surface area contributed by atoms with E-state index >= 15 is 0 Å². The van der Waals surface area contributed by atoms with Crippen molar-refractivity contribution < 1.29 is 9.53 Å². The molecular formula is C14H18ClNO2. The summed E-state index contributed by atoms with van der Waals surface area (Å²) in [5, 5.41) is 3.69. The molecule has 0 bridgehead atoms. The van der Waals surface area contributed by atoms with Crippen LogP contribution in [0.15, 0.2) is 24.3 Å². The maximum atomic E-state index is 12.2. The highest BCUT2D eigenvalue weighted by Gasteiger charge is 2.50. The standard InChI is InChI=1S/C14H18ClNO2/c1-18-10-2-9-16-13(17)14(7-8-14)11-3-5-12(15)6-4-11/h3-6H,2,7-10H2,1H3,(H,16,17). The minimum Gasteiger partial charge on any atom is -0.385 e. The third-order valence-corrected chi connectivity index (χ3v) is 3.64. The molecule has 0 radical (unpaired) electrons. The Hall–Kier alpha value is -1.06. The molecule has 2 rings (SSSR count). The van der Waals surface area contributed by atoms with Crippen molar-refractivity contribution in [2.45, 2.75) is 24.7 Å². The van der Waals surface area contributed by atoms with Crippen LogP contribution in [0.4, 0.5) is 0 Å². The molecule has 3 nitrogen and oxygen atoms in total. The molecule has 1 fully saturated rings. The summed E-state index contributed by atoms with van der Waals surface area (Å²) in [6.07, 6.45) is 2.69. The van der Waals surface area contributed by atoms with Crippen molar-refractivity contribution in [3.8, 4) is 0 Å². The summed E-state index contributed by atoms with van der Waals surface area (Å²) >= 11 is 5.87. The Morgan fingerprint density at radius 2 is 2.06 bits per heavy atom. The first-order valence-electron chi connectivity index (χ1n) is 6.22. The topological polar surface area (TPSA) is 38.3 Å². The smallest absolute Gasteiger partial charge is 0.230 e. The van der Waals surface area contributed by atoms with Crippen LogP contribution in [-0.4, -0.2) is 26.2 Å². The first-order valence-corrected chi connectivity index (χ1v) is 6.60. The van der Waals surface area contributed by atoms with E-state index in [1.807, 2.05) is 24.3 Å². The van der Waals surface area contributed by atoms with E-state index in [1.54, 1.807) is 7.11 Å². The van der Waals surface area contributed by atoms with Crippen LogP contribution in [0.25, 0.3) is 0 Å². The monoisotopic (exact) mass is 267 g/mol. The van der Waals surface area contributed by atoms with E-state index in [0.717, 1.165) is 24.8 Å². The zero-order chi connectivity index (χ0) is 13.0. The Balaban J connectivity index is 1.94. The molecule has 1 aliphatic rings. The number of halogens is 1. The Labute approximate surface area is 112 Å². The zero-order valence-electron chi connectivity index (χ0n) is 10.5. The molecule has 0 atom stereocenters. The second-order valence-electron chi connectivity index (χ2n) is 4.69. The van der Waals surface area contributed by atoms with Crippen LogP contribution in [0.5, 0.6) is 0 Å². The largest absolute Gasteiger partial charge is 0.385 e. The van der Waals surface area contributed by atoms with Gasteiger partial charge in [-0.2, -0.15) is 0 Å². The number of methoxy groups -OCH3 is 1. The Morgan fingerprint density at radius 1 is 1.39 bits per heavy atom. The van der Waals surface area contributed by atoms with Crippen molar-refractivity contribution in [2.24, 2.45) is 0 Å². The highest BCUT2D eigenvalue weighted by Crippen LogP contribution is 2.48. The molecule has 0 spiro atoms. The maximum absolute atomic E-state index is 12.2. The lowest BCUT2D eigenvalue weighted by Gasteiger charge is -2.15. The predicted octanol–water partition coefficient (Wildman–Crippen LogP) is 2.52. The summed E-state index contributed by atoms with van der Waals surface area (Å²) in [5.74, 6) is 0.126. The number of ether oxygens (including phenoxy) is 1. The second-order valence-corrected chi connectivity index (χ2v) is 5.13. The van der Waals surface area contributed by atoms with Crippen molar-refractivity contribution >= 4 is 17.5 Å². The molecule has 98 valence electrons. The van der Waals surface area contributed by atoms with Gasteiger partial charge >= 0.3 is 0 Å². The van der Waals surface area contributed by atoms with Gasteiger partial charge in [0.25, 0.3) is 0 Å². The van der Waals surface area contributed by atoms with Crippen LogP contribution >= 0.6 is 11.6 Å². The van der Waals surface area contributed by atoms with Gasteiger partial charge in [-0.1, -0.05) is 23.7 Å². The molecular weight excluding hydrogens is 250 g/mol. The van der Waals surface area contributed by atoms with Crippen LogP contribution in [-0.2, 0) is 14.9 Å². The van der Waals surface area contributed by atoms with E-state index in [2.05, 4.69) is 5.32 Å². The molecule has 0 aliphatic heterocycles. The minimum absolute atomic E-state index is 0.126. The van der Waals surface area contributed by atoms with Crippen LogP contribution < -0.4 is 5.32 Å². The summed E-state index contributed by atoms with van der Waals surface area (Å²) in [5.41, 5.74) is 0.758. The molecule has 1 aliphatic carbocycles. The Bertz CT molecular complexity index is 412. The number of carbonyl (C=O) groups is 1. The molecule has 1 amide bonds. The predicted molar refractivity (Wildman–Crippen MR) is 71.9 cm³/mol. The average molecular weight is 268 g/mol. The van der Waals surface area contributed by atoms with Gasteiger partial charge in [0.2, 0.25) is 5.91 Å². The number of hydrogen-bond donors (Lipinski definition) is 1. The molecule has 0 heterocycles. The number of rotatable bonds is 6. The van der Waals surface area contributed by atoms with Crippen molar-refractivity contribution in [3.05, 3.63) is 34.9 Å². The molecule has 0 unspecified atom stereocenters. The first kappa shape index (κ1) is 13.4. The lowest BCUT2D eigenvalue weighted by molar-refractivity contribution is -0.123. The van der Waals surface area contributed by atoms with Crippen LogP contribution in [0.2, 0.25) is 5.02 Å². The van der Waals surface area contributed by atoms with Crippen molar-refractivity contribution in [1.82, 2.24) is 5.32 Å². The highest BCUT2D eigenvalue weighted by molar-refractivity contribution is 6.30. The Morgan fingerprint density at radius 3 is 2.61 bits per heavy atom. The van der Waals surface area contributed by atoms with E-state index in [0.29, 0.717) is 18.2 Å². The van der Waals surface area contributed by atoms with Crippen molar-refractivity contribution in [1.29, 1.82) is 0 Å². The van der Waals surface area contributed by atoms with Crippen LogP contribution in [0, 0.1) is 0 Å². The molecule has 0 saturated heterocycles. The fourth-order valence-corrected chi connectivity index (χ4v) is 2.25. The molecule has 1 saturated carbocycles. The number of hydrogen-bond acceptors (Lipinski definition) is 2. The number of benzene rings is 1. The molecule has 1 aromatic carbocycles. The molecule has 4 heteroatoms. The van der Waals surface area contributed by atoms with Gasteiger partial charge in [-0.15, -0.1) is 0 Å². The normalized spacial score (nSPS) is 16.3. The average Bonchev–Trinajstić information content (AvgIpc) is 3.17. The van der Waals surface area contributed by atoms with E-state index in [-0.39, 0.29) is 11.3 Å². The zero-order valence-corrected chi connectivity index (χ0v) is 11.3. The van der Waals surface area contributed by atoms with Gasteiger partial charge in [0, 0.05) is 25.3 Å². The van der Waals surface area contributed by atoms with Gasteiger partial charge in [0.1, 0.15) is 0 Å². The third kappa shape index (κ3) is 2.85. The summed E-state index contributed by atoms with van der Waals surface area (Å²) in [7, 11) is 1.66. The molecule has 1 N–H and O–H groups in total. The number of carbonyl (C=O) groups excluding carboxylic acids is 1. The molecule has 18 heavy (non-hydrogen) atoms. The van der Waals surface area contributed by atoms with Gasteiger partial charge in [-0.25, -0.2) is 0 Å². The van der Waals surface area contributed by atoms with Gasteiger partial charge in [0.15, 0.2) is 0 Å². The summed E-state index contributed by atoms with van der Waals surface area (Å²) in [6.45, 7) is 1.34. The van der Waals surface area contributed by atoms with Crippen molar-refractivity contribution in [3.63, 3.8) is 0 Å². The summed E-state index contributed by atoms with van der Waals surface area (Å²) < 4.78 is 4.96. The lowest BCUT2D eigenvalue weighted by Crippen LogP contribution is -2.35. The minimum atomic E-state index is -0.308. The fraction of sp³-hybridized carbons (Fsp3) is 0.500. The quantitative estimate of drug-likeness (QED) is 0.805. The van der Waals surface area contributed by atoms with Crippen molar-refractivity contribution in [2.75, 3.05) is 20.3 Å². The maximum Gasteiger partial charge on any atom is 0.230 e. The third-order valence-electron chi connectivity index (χ3n) is 3.39. The van der Waals surface area contributed by atoms with E-state index in [1.165, 1.54) is 0 Å². The van der Waals surface area contributed by atoms with Gasteiger partial charge in [-0.3, -0.25) is 4.79 Å². The molecule has 0 aromatic heterocycles. The second kappa shape index (κ2) is 5.72.